The maximum absolute atomic E-state index is 12.9. The summed E-state index contributed by atoms with van der Waals surface area (Å²) in [7, 11) is 2.06. The normalized spacial score (nSPS) is 12.1. The van der Waals surface area contributed by atoms with E-state index in [2.05, 4.69) is 83.6 Å². The number of hydrogen-bond donors (Lipinski definition) is 1. The summed E-state index contributed by atoms with van der Waals surface area (Å²) in [5.41, 5.74) is 5.74. The fourth-order valence-electron chi connectivity index (χ4n) is 4.08. The van der Waals surface area contributed by atoms with Crippen molar-refractivity contribution in [1.82, 2.24) is 14.9 Å². The summed E-state index contributed by atoms with van der Waals surface area (Å²) in [6.45, 7) is 2.68. The summed E-state index contributed by atoms with van der Waals surface area (Å²) in [4.78, 5) is 17.2. The molecule has 0 spiro atoms. The quantitative estimate of drug-likeness (QED) is 0.489. The molecule has 2 aromatic heterocycles. The summed E-state index contributed by atoms with van der Waals surface area (Å²) in [5.74, 6) is 0.0659. The number of carbonyl (C=O) groups is 1. The summed E-state index contributed by atoms with van der Waals surface area (Å²) in [6.07, 6.45) is 5.10. The molecule has 1 atom stereocenters. The summed E-state index contributed by atoms with van der Waals surface area (Å²) in [6, 6.07) is 22.7. The van der Waals surface area contributed by atoms with Crippen LogP contribution >= 0.6 is 0 Å². The van der Waals surface area contributed by atoms with Crippen LogP contribution in [0.25, 0.3) is 10.9 Å². The maximum Gasteiger partial charge on any atom is 0.220 e. The number of amides is 1. The number of hydrogen-bond acceptors (Lipinski definition) is 2. The standard InChI is InChI=1S/C26H27N3O/c1-19-8-7-9-20(16-19)23(24-18-29(2)25-12-4-3-11-22(24)25)17-26(30)28-15-13-21-10-5-6-14-27-21/h3-12,14,16,18,23H,13,15,17H2,1-2H3,(H,28,30). The molecule has 0 saturated heterocycles. The lowest BCUT2D eigenvalue weighted by molar-refractivity contribution is -0.121. The third-order valence-corrected chi connectivity index (χ3v) is 5.57. The van der Waals surface area contributed by atoms with E-state index in [1.807, 2.05) is 18.2 Å². The van der Waals surface area contributed by atoms with E-state index in [1.54, 1.807) is 6.20 Å². The highest BCUT2D eigenvalue weighted by Crippen LogP contribution is 2.34. The van der Waals surface area contributed by atoms with Crippen molar-refractivity contribution >= 4 is 16.8 Å². The molecule has 0 radical (unpaired) electrons. The molecule has 30 heavy (non-hydrogen) atoms. The molecule has 1 amide bonds. The molecule has 0 fully saturated rings. The monoisotopic (exact) mass is 397 g/mol. The molecule has 2 heterocycles. The van der Waals surface area contributed by atoms with E-state index in [1.165, 1.54) is 27.6 Å². The molecule has 0 aliphatic carbocycles. The molecule has 1 N–H and O–H groups in total. The molecular formula is C26H27N3O. The van der Waals surface area contributed by atoms with Crippen molar-refractivity contribution in [3.05, 3.63) is 102 Å². The first kappa shape index (κ1) is 19.9. The number of nitrogens with one attached hydrogen (secondary N) is 1. The molecule has 152 valence electrons. The minimum atomic E-state index is 0.00542. The van der Waals surface area contributed by atoms with E-state index >= 15 is 0 Å². The Labute approximate surface area is 177 Å². The predicted octanol–water partition coefficient (Wildman–Crippen LogP) is 4.76. The van der Waals surface area contributed by atoms with E-state index in [0.29, 0.717) is 13.0 Å². The first-order valence-electron chi connectivity index (χ1n) is 10.4. The highest BCUT2D eigenvalue weighted by Gasteiger charge is 2.22. The van der Waals surface area contributed by atoms with Crippen molar-refractivity contribution in [3.63, 3.8) is 0 Å². The van der Waals surface area contributed by atoms with Crippen LogP contribution in [-0.4, -0.2) is 22.0 Å². The van der Waals surface area contributed by atoms with Crippen molar-refractivity contribution in [2.45, 2.75) is 25.7 Å². The van der Waals surface area contributed by atoms with Gasteiger partial charge in [0.1, 0.15) is 0 Å². The van der Waals surface area contributed by atoms with Crippen LogP contribution in [0.5, 0.6) is 0 Å². The van der Waals surface area contributed by atoms with Gasteiger partial charge in [-0.15, -0.1) is 0 Å². The van der Waals surface area contributed by atoms with Gasteiger partial charge in [-0.2, -0.15) is 0 Å². The van der Waals surface area contributed by atoms with E-state index in [0.717, 1.165) is 12.1 Å². The lowest BCUT2D eigenvalue weighted by atomic mass is 9.87. The van der Waals surface area contributed by atoms with Gasteiger partial charge in [0.05, 0.1) is 0 Å². The van der Waals surface area contributed by atoms with Crippen LogP contribution in [0, 0.1) is 6.92 Å². The van der Waals surface area contributed by atoms with Gasteiger partial charge < -0.3 is 9.88 Å². The molecule has 0 aliphatic heterocycles. The molecule has 4 nitrogen and oxygen atoms in total. The number of aryl methyl sites for hydroxylation is 2. The Bertz CT molecular complexity index is 1150. The SMILES string of the molecule is Cc1cccc(C(CC(=O)NCCc2ccccn2)c2cn(C)c3ccccc23)c1. The number of rotatable bonds is 7. The molecule has 4 heteroatoms. The second kappa shape index (κ2) is 8.95. The first-order chi connectivity index (χ1) is 14.6. The average molecular weight is 398 g/mol. The fraction of sp³-hybridized carbons (Fsp3) is 0.231. The molecule has 2 aromatic carbocycles. The van der Waals surface area contributed by atoms with Gasteiger partial charge in [0.2, 0.25) is 5.91 Å². The first-order valence-corrected chi connectivity index (χ1v) is 10.4. The lowest BCUT2D eigenvalue weighted by Crippen LogP contribution is -2.27. The van der Waals surface area contributed by atoms with Crippen molar-refractivity contribution in [1.29, 1.82) is 0 Å². The zero-order valence-electron chi connectivity index (χ0n) is 17.5. The Kier molecular flexibility index (Phi) is 5.94. The van der Waals surface area contributed by atoms with E-state index in [9.17, 15) is 4.79 Å². The summed E-state index contributed by atoms with van der Waals surface area (Å²) >= 11 is 0. The highest BCUT2D eigenvalue weighted by molar-refractivity contribution is 5.86. The van der Waals surface area contributed by atoms with Gasteiger partial charge in [-0.05, 0) is 36.2 Å². The third-order valence-electron chi connectivity index (χ3n) is 5.57. The number of aromatic nitrogens is 2. The Morgan fingerprint density at radius 1 is 1.07 bits per heavy atom. The van der Waals surface area contributed by atoms with Gasteiger partial charge in [0.25, 0.3) is 0 Å². The van der Waals surface area contributed by atoms with Crippen molar-refractivity contribution in [2.24, 2.45) is 7.05 Å². The smallest absolute Gasteiger partial charge is 0.220 e. The van der Waals surface area contributed by atoms with Crippen LogP contribution in [0.15, 0.2) is 79.1 Å². The Balaban J connectivity index is 1.57. The number of pyridine rings is 1. The Morgan fingerprint density at radius 2 is 1.90 bits per heavy atom. The van der Waals surface area contributed by atoms with Gasteiger partial charge in [-0.3, -0.25) is 9.78 Å². The average Bonchev–Trinajstić information content (AvgIpc) is 3.09. The lowest BCUT2D eigenvalue weighted by Gasteiger charge is -2.18. The molecular weight excluding hydrogens is 370 g/mol. The van der Waals surface area contributed by atoms with Crippen LogP contribution < -0.4 is 5.32 Å². The molecule has 0 bridgehead atoms. The Hall–Kier alpha value is -3.40. The number of nitrogens with zero attached hydrogens (tertiary/aromatic N) is 2. The zero-order chi connectivity index (χ0) is 20.9. The third kappa shape index (κ3) is 4.43. The number of carbonyl (C=O) groups excluding carboxylic acids is 1. The highest BCUT2D eigenvalue weighted by atomic mass is 16.1. The molecule has 0 saturated carbocycles. The minimum Gasteiger partial charge on any atom is -0.356 e. The van der Waals surface area contributed by atoms with Crippen molar-refractivity contribution in [2.75, 3.05) is 6.54 Å². The van der Waals surface area contributed by atoms with Gasteiger partial charge in [0.15, 0.2) is 0 Å². The van der Waals surface area contributed by atoms with Crippen LogP contribution in [0.3, 0.4) is 0 Å². The topological polar surface area (TPSA) is 46.9 Å². The summed E-state index contributed by atoms with van der Waals surface area (Å²) < 4.78 is 2.15. The van der Waals surface area contributed by atoms with Gasteiger partial charge in [-0.25, -0.2) is 0 Å². The molecule has 1 unspecified atom stereocenters. The van der Waals surface area contributed by atoms with Crippen LogP contribution in [-0.2, 0) is 18.3 Å². The predicted molar refractivity (Wildman–Crippen MR) is 122 cm³/mol. The van der Waals surface area contributed by atoms with Gasteiger partial charge in [0, 0.05) is 61.3 Å². The van der Waals surface area contributed by atoms with Crippen molar-refractivity contribution < 1.29 is 4.79 Å². The van der Waals surface area contributed by atoms with Crippen LogP contribution in [0.1, 0.15) is 34.7 Å². The van der Waals surface area contributed by atoms with E-state index in [4.69, 9.17) is 0 Å². The van der Waals surface area contributed by atoms with E-state index < -0.39 is 0 Å². The van der Waals surface area contributed by atoms with Crippen LogP contribution in [0.4, 0.5) is 0 Å². The van der Waals surface area contributed by atoms with E-state index in [-0.39, 0.29) is 11.8 Å². The second-order valence-corrected chi connectivity index (χ2v) is 7.80. The second-order valence-electron chi connectivity index (χ2n) is 7.80. The fourth-order valence-corrected chi connectivity index (χ4v) is 4.08. The number of para-hydroxylation sites is 1. The molecule has 4 rings (SSSR count). The number of fused-ring (bicyclic) bond motifs is 1. The zero-order valence-corrected chi connectivity index (χ0v) is 17.5. The molecule has 0 aliphatic rings. The van der Waals surface area contributed by atoms with Gasteiger partial charge >= 0.3 is 0 Å². The summed E-state index contributed by atoms with van der Waals surface area (Å²) in [5, 5.41) is 4.29. The van der Waals surface area contributed by atoms with Crippen molar-refractivity contribution in [3.8, 4) is 0 Å². The largest absolute Gasteiger partial charge is 0.356 e. The van der Waals surface area contributed by atoms with Crippen LogP contribution in [0.2, 0.25) is 0 Å². The number of benzene rings is 2. The maximum atomic E-state index is 12.9. The minimum absolute atomic E-state index is 0.00542. The Morgan fingerprint density at radius 3 is 2.70 bits per heavy atom. The van der Waals surface area contributed by atoms with Gasteiger partial charge in [-0.1, -0.05) is 54.1 Å². The molecule has 4 aromatic rings.